The van der Waals surface area contributed by atoms with Crippen LogP contribution < -0.4 is 11.0 Å². The minimum atomic E-state index is -0.195. The van der Waals surface area contributed by atoms with Gasteiger partial charge in [0.2, 0.25) is 5.91 Å². The molecule has 0 fully saturated rings. The van der Waals surface area contributed by atoms with E-state index in [0.29, 0.717) is 18.8 Å². The Bertz CT molecular complexity index is 480. The zero-order valence-corrected chi connectivity index (χ0v) is 11.2. The van der Waals surface area contributed by atoms with Crippen LogP contribution in [0.4, 0.5) is 0 Å². The van der Waals surface area contributed by atoms with Gasteiger partial charge in [-0.2, -0.15) is 17.7 Å². The lowest BCUT2D eigenvalue weighted by Crippen LogP contribution is -2.34. The fourth-order valence-electron chi connectivity index (χ4n) is 2.12. The molecule has 1 N–H and O–H groups in total. The van der Waals surface area contributed by atoms with E-state index in [-0.39, 0.29) is 18.1 Å². The van der Waals surface area contributed by atoms with Gasteiger partial charge in [0.15, 0.2) is 0 Å². The van der Waals surface area contributed by atoms with Gasteiger partial charge >= 0.3 is 5.69 Å². The summed E-state index contributed by atoms with van der Waals surface area (Å²) in [6.07, 6.45) is 4.01. The Morgan fingerprint density at radius 2 is 2.22 bits per heavy atom. The molecule has 18 heavy (non-hydrogen) atoms. The van der Waals surface area contributed by atoms with Crippen LogP contribution in [0, 0.1) is 0 Å². The second-order valence-corrected chi connectivity index (χ2v) is 4.84. The normalized spacial score (nSPS) is 14.9. The van der Waals surface area contributed by atoms with Crippen molar-refractivity contribution in [2.24, 2.45) is 0 Å². The molecule has 0 aromatic carbocycles. The van der Waals surface area contributed by atoms with Gasteiger partial charge in [0.05, 0.1) is 0 Å². The van der Waals surface area contributed by atoms with Gasteiger partial charge in [0.1, 0.15) is 12.4 Å². The fourth-order valence-corrected chi connectivity index (χ4v) is 2.23. The van der Waals surface area contributed by atoms with Crippen molar-refractivity contribution in [2.75, 3.05) is 12.3 Å². The molecular weight excluding hydrogens is 252 g/mol. The molecule has 0 saturated heterocycles. The number of rotatable bonds is 4. The van der Waals surface area contributed by atoms with Crippen LogP contribution >= 0.6 is 12.6 Å². The first-order valence-corrected chi connectivity index (χ1v) is 6.89. The lowest BCUT2D eigenvalue weighted by Gasteiger charge is -2.02. The summed E-state index contributed by atoms with van der Waals surface area (Å²) in [7, 11) is 0. The third-order valence-corrected chi connectivity index (χ3v) is 3.23. The quantitative estimate of drug-likeness (QED) is 0.746. The Labute approximate surface area is 111 Å². The van der Waals surface area contributed by atoms with Crippen molar-refractivity contribution >= 4 is 18.5 Å². The molecule has 7 heteroatoms. The van der Waals surface area contributed by atoms with Crippen LogP contribution in [0.5, 0.6) is 0 Å². The summed E-state index contributed by atoms with van der Waals surface area (Å²) in [5, 5.41) is 6.92. The Kier molecular flexibility index (Phi) is 4.46. The van der Waals surface area contributed by atoms with E-state index < -0.39 is 0 Å². The Balaban J connectivity index is 2.10. The standard InChI is InChI=1S/C11H18N4O2S/c16-10(12-5-7-18)8-15-11(17)14-6-3-1-2-4-9(14)13-15/h18H,1-8H2,(H,12,16). The minimum absolute atomic E-state index is 0.00733. The highest BCUT2D eigenvalue weighted by molar-refractivity contribution is 7.80. The number of amides is 1. The van der Waals surface area contributed by atoms with Crippen molar-refractivity contribution < 1.29 is 4.79 Å². The van der Waals surface area contributed by atoms with Gasteiger partial charge in [0, 0.05) is 25.3 Å². The maximum atomic E-state index is 12.0. The second kappa shape index (κ2) is 6.08. The van der Waals surface area contributed by atoms with Crippen LogP contribution in [-0.2, 0) is 24.3 Å². The average molecular weight is 270 g/mol. The molecule has 2 heterocycles. The van der Waals surface area contributed by atoms with Gasteiger partial charge in [-0.3, -0.25) is 9.36 Å². The molecule has 0 bridgehead atoms. The Hall–Kier alpha value is -1.24. The van der Waals surface area contributed by atoms with E-state index in [1.54, 1.807) is 4.57 Å². The number of nitrogens with zero attached hydrogens (tertiary/aromatic N) is 3. The van der Waals surface area contributed by atoms with Crippen molar-refractivity contribution in [3.8, 4) is 0 Å². The first kappa shape index (κ1) is 13.2. The van der Waals surface area contributed by atoms with Crippen LogP contribution in [0.2, 0.25) is 0 Å². The number of nitrogens with one attached hydrogen (secondary N) is 1. The molecule has 2 rings (SSSR count). The van der Waals surface area contributed by atoms with Gasteiger partial charge in [-0.1, -0.05) is 6.42 Å². The number of aryl methyl sites for hydroxylation is 1. The molecule has 0 unspecified atom stereocenters. The van der Waals surface area contributed by atoms with Crippen molar-refractivity contribution in [1.29, 1.82) is 0 Å². The monoisotopic (exact) mass is 270 g/mol. The first-order chi connectivity index (χ1) is 8.72. The van der Waals surface area contributed by atoms with Gasteiger partial charge in [-0.05, 0) is 12.8 Å². The van der Waals surface area contributed by atoms with Crippen LogP contribution in [0.25, 0.3) is 0 Å². The molecule has 0 spiro atoms. The number of thiol groups is 1. The lowest BCUT2D eigenvalue weighted by molar-refractivity contribution is -0.121. The molecule has 1 aromatic rings. The number of aromatic nitrogens is 3. The number of carbonyl (C=O) groups excluding carboxylic acids is 1. The maximum absolute atomic E-state index is 12.0. The number of carbonyl (C=O) groups is 1. The largest absolute Gasteiger partial charge is 0.354 e. The van der Waals surface area contributed by atoms with Crippen molar-refractivity contribution in [3.63, 3.8) is 0 Å². The van der Waals surface area contributed by atoms with Crippen LogP contribution in [-0.4, -0.2) is 32.6 Å². The van der Waals surface area contributed by atoms with E-state index in [1.165, 1.54) is 4.68 Å². The summed E-state index contributed by atoms with van der Waals surface area (Å²) in [6.45, 7) is 1.21. The number of fused-ring (bicyclic) bond motifs is 1. The predicted octanol–water partition coefficient (Wildman–Crippen LogP) is -0.183. The highest BCUT2D eigenvalue weighted by atomic mass is 32.1. The van der Waals surface area contributed by atoms with E-state index in [2.05, 4.69) is 23.0 Å². The van der Waals surface area contributed by atoms with Gasteiger partial charge in [0.25, 0.3) is 0 Å². The number of hydrogen-bond donors (Lipinski definition) is 2. The molecule has 0 atom stereocenters. The molecule has 0 aliphatic carbocycles. The summed E-state index contributed by atoms with van der Waals surface area (Å²) < 4.78 is 2.95. The Morgan fingerprint density at radius 3 is 3.00 bits per heavy atom. The zero-order valence-electron chi connectivity index (χ0n) is 10.3. The molecule has 100 valence electrons. The maximum Gasteiger partial charge on any atom is 0.346 e. The second-order valence-electron chi connectivity index (χ2n) is 4.39. The Morgan fingerprint density at radius 1 is 1.39 bits per heavy atom. The molecule has 0 radical (unpaired) electrons. The minimum Gasteiger partial charge on any atom is -0.354 e. The van der Waals surface area contributed by atoms with Crippen molar-refractivity contribution in [2.45, 2.75) is 38.8 Å². The van der Waals surface area contributed by atoms with Gasteiger partial charge < -0.3 is 5.32 Å². The number of hydrogen-bond acceptors (Lipinski definition) is 4. The highest BCUT2D eigenvalue weighted by Crippen LogP contribution is 2.09. The summed E-state index contributed by atoms with van der Waals surface area (Å²) in [4.78, 5) is 23.6. The summed E-state index contributed by atoms with van der Waals surface area (Å²) >= 11 is 4.01. The smallest absolute Gasteiger partial charge is 0.346 e. The fraction of sp³-hybridized carbons (Fsp3) is 0.727. The molecule has 1 aliphatic rings. The van der Waals surface area contributed by atoms with E-state index >= 15 is 0 Å². The summed E-state index contributed by atoms with van der Waals surface area (Å²) in [5.41, 5.74) is -0.173. The third kappa shape index (κ3) is 2.95. The molecule has 1 aliphatic heterocycles. The van der Waals surface area contributed by atoms with Gasteiger partial charge in [-0.15, -0.1) is 0 Å². The SMILES string of the molecule is O=C(Cn1nc2n(c1=O)CCCCC2)NCCS. The van der Waals surface area contributed by atoms with Crippen LogP contribution in [0.3, 0.4) is 0 Å². The van der Waals surface area contributed by atoms with E-state index in [9.17, 15) is 9.59 Å². The molecular formula is C11H18N4O2S. The first-order valence-electron chi connectivity index (χ1n) is 6.26. The molecule has 6 nitrogen and oxygen atoms in total. The van der Waals surface area contributed by atoms with Crippen molar-refractivity contribution in [3.05, 3.63) is 16.3 Å². The molecule has 1 aromatic heterocycles. The average Bonchev–Trinajstić information content (AvgIpc) is 2.57. The summed E-state index contributed by atoms with van der Waals surface area (Å²) in [5.74, 6) is 1.19. The van der Waals surface area contributed by atoms with E-state index in [4.69, 9.17) is 0 Å². The summed E-state index contributed by atoms with van der Waals surface area (Å²) in [6, 6.07) is 0. The molecule has 0 saturated carbocycles. The van der Waals surface area contributed by atoms with Crippen LogP contribution in [0.15, 0.2) is 4.79 Å². The van der Waals surface area contributed by atoms with Crippen LogP contribution in [0.1, 0.15) is 25.1 Å². The van der Waals surface area contributed by atoms with E-state index in [1.807, 2.05) is 0 Å². The molecule has 1 amide bonds. The third-order valence-electron chi connectivity index (χ3n) is 3.01. The van der Waals surface area contributed by atoms with Gasteiger partial charge in [-0.25, -0.2) is 9.48 Å². The van der Waals surface area contributed by atoms with Crippen molar-refractivity contribution in [1.82, 2.24) is 19.7 Å². The predicted molar refractivity (Wildman–Crippen MR) is 70.9 cm³/mol. The van der Waals surface area contributed by atoms with E-state index in [0.717, 1.165) is 31.5 Å². The highest BCUT2D eigenvalue weighted by Gasteiger charge is 2.16. The lowest BCUT2D eigenvalue weighted by atomic mass is 10.2. The zero-order chi connectivity index (χ0) is 13.0. The topological polar surface area (TPSA) is 68.9 Å².